The molecule has 2 heterocycles. The van der Waals surface area contributed by atoms with Crippen molar-refractivity contribution in [2.45, 2.75) is 46.2 Å². The molecule has 0 saturated heterocycles. The fourth-order valence-electron chi connectivity index (χ4n) is 2.92. The standard InChI is InChI=1S/C15H20N2/c1-9-5-6-10(2)14-13(9)11-7-15(3,4)16-8-12(11)17-14/h5-6,16-17H,7-8H2,1-4H3. The van der Waals surface area contributed by atoms with Crippen LogP contribution < -0.4 is 5.32 Å². The second kappa shape index (κ2) is 3.36. The topological polar surface area (TPSA) is 27.8 Å². The van der Waals surface area contributed by atoms with Gasteiger partial charge in [-0.1, -0.05) is 12.1 Å². The van der Waals surface area contributed by atoms with Crippen LogP contribution in [0.25, 0.3) is 10.9 Å². The second-order valence-corrected chi connectivity index (χ2v) is 5.95. The number of benzene rings is 1. The van der Waals surface area contributed by atoms with E-state index in [9.17, 15) is 0 Å². The average molecular weight is 228 g/mol. The number of aromatic amines is 1. The lowest BCUT2D eigenvalue weighted by atomic mass is 9.88. The van der Waals surface area contributed by atoms with Gasteiger partial charge in [0.05, 0.1) is 0 Å². The maximum Gasteiger partial charge on any atom is 0.0491 e. The average Bonchev–Trinajstić information content (AvgIpc) is 2.62. The molecule has 2 N–H and O–H groups in total. The Kier molecular flexibility index (Phi) is 2.14. The number of rotatable bonds is 0. The van der Waals surface area contributed by atoms with Crippen molar-refractivity contribution in [3.63, 3.8) is 0 Å². The third-order valence-electron chi connectivity index (χ3n) is 3.93. The van der Waals surface area contributed by atoms with Gasteiger partial charge in [0.25, 0.3) is 0 Å². The Morgan fingerprint density at radius 1 is 1.12 bits per heavy atom. The van der Waals surface area contributed by atoms with Gasteiger partial charge in [-0.3, -0.25) is 0 Å². The summed E-state index contributed by atoms with van der Waals surface area (Å²) in [6, 6.07) is 4.44. The van der Waals surface area contributed by atoms with E-state index in [0.29, 0.717) is 0 Å². The highest BCUT2D eigenvalue weighted by Gasteiger charge is 2.28. The SMILES string of the molecule is Cc1ccc(C)c2c3c([nH]c12)CNC(C)(C)C3. The van der Waals surface area contributed by atoms with Crippen LogP contribution in [-0.2, 0) is 13.0 Å². The Hall–Kier alpha value is -1.28. The molecule has 0 amide bonds. The summed E-state index contributed by atoms with van der Waals surface area (Å²) in [5.74, 6) is 0. The lowest BCUT2D eigenvalue weighted by molar-refractivity contribution is 0.361. The van der Waals surface area contributed by atoms with E-state index in [1.165, 1.54) is 33.3 Å². The summed E-state index contributed by atoms with van der Waals surface area (Å²) >= 11 is 0. The molecule has 0 atom stereocenters. The second-order valence-electron chi connectivity index (χ2n) is 5.95. The number of nitrogens with one attached hydrogen (secondary N) is 2. The third kappa shape index (κ3) is 1.59. The van der Waals surface area contributed by atoms with E-state index in [2.05, 4.69) is 50.1 Å². The van der Waals surface area contributed by atoms with Gasteiger partial charge in [0.1, 0.15) is 0 Å². The fraction of sp³-hybridized carbons (Fsp3) is 0.467. The molecule has 0 radical (unpaired) electrons. The molecule has 1 aliphatic rings. The highest BCUT2D eigenvalue weighted by molar-refractivity contribution is 5.90. The summed E-state index contributed by atoms with van der Waals surface area (Å²) in [4.78, 5) is 3.60. The summed E-state index contributed by atoms with van der Waals surface area (Å²) in [5.41, 5.74) is 7.16. The van der Waals surface area contributed by atoms with Gasteiger partial charge in [0.15, 0.2) is 0 Å². The zero-order valence-electron chi connectivity index (χ0n) is 11.1. The lowest BCUT2D eigenvalue weighted by Gasteiger charge is -2.31. The van der Waals surface area contributed by atoms with Crippen LogP contribution in [-0.4, -0.2) is 10.5 Å². The normalized spacial score (nSPS) is 18.4. The van der Waals surface area contributed by atoms with Crippen molar-refractivity contribution >= 4 is 10.9 Å². The van der Waals surface area contributed by atoms with Crippen molar-refractivity contribution in [1.82, 2.24) is 10.3 Å². The van der Waals surface area contributed by atoms with Crippen molar-refractivity contribution < 1.29 is 0 Å². The van der Waals surface area contributed by atoms with E-state index < -0.39 is 0 Å². The minimum Gasteiger partial charge on any atom is -0.357 e. The first-order valence-electron chi connectivity index (χ1n) is 6.32. The van der Waals surface area contributed by atoms with Crippen LogP contribution in [0, 0.1) is 13.8 Å². The number of aryl methyl sites for hydroxylation is 2. The maximum atomic E-state index is 3.60. The molecule has 17 heavy (non-hydrogen) atoms. The number of H-pyrrole nitrogens is 1. The van der Waals surface area contributed by atoms with Crippen molar-refractivity contribution in [2.24, 2.45) is 0 Å². The molecule has 2 heteroatoms. The van der Waals surface area contributed by atoms with Crippen LogP contribution in [0.5, 0.6) is 0 Å². The summed E-state index contributed by atoms with van der Waals surface area (Å²) < 4.78 is 0. The number of hydrogen-bond acceptors (Lipinski definition) is 1. The van der Waals surface area contributed by atoms with Gasteiger partial charge in [0.2, 0.25) is 0 Å². The fourth-order valence-corrected chi connectivity index (χ4v) is 2.92. The van der Waals surface area contributed by atoms with Crippen LogP contribution >= 0.6 is 0 Å². The first kappa shape index (κ1) is 10.8. The van der Waals surface area contributed by atoms with Crippen LogP contribution in [0.2, 0.25) is 0 Å². The van der Waals surface area contributed by atoms with Gasteiger partial charge in [0, 0.05) is 28.7 Å². The third-order valence-corrected chi connectivity index (χ3v) is 3.93. The minimum absolute atomic E-state index is 0.207. The van der Waals surface area contributed by atoms with Gasteiger partial charge in [-0.25, -0.2) is 0 Å². The van der Waals surface area contributed by atoms with Crippen molar-refractivity contribution in [2.75, 3.05) is 0 Å². The van der Waals surface area contributed by atoms with Crippen LogP contribution in [0.4, 0.5) is 0 Å². The summed E-state index contributed by atoms with van der Waals surface area (Å²) in [6.45, 7) is 9.91. The molecule has 0 saturated carbocycles. The van der Waals surface area contributed by atoms with Gasteiger partial charge in [-0.2, -0.15) is 0 Å². The molecule has 0 bridgehead atoms. The Balaban J connectivity index is 2.31. The zero-order chi connectivity index (χ0) is 12.2. The predicted molar refractivity (Wildman–Crippen MR) is 72.4 cm³/mol. The van der Waals surface area contributed by atoms with Gasteiger partial charge in [-0.05, 0) is 50.8 Å². The van der Waals surface area contributed by atoms with E-state index in [4.69, 9.17) is 0 Å². The highest BCUT2D eigenvalue weighted by atomic mass is 15.0. The Morgan fingerprint density at radius 3 is 2.59 bits per heavy atom. The predicted octanol–water partition coefficient (Wildman–Crippen LogP) is 3.21. The first-order valence-corrected chi connectivity index (χ1v) is 6.32. The van der Waals surface area contributed by atoms with E-state index in [-0.39, 0.29) is 5.54 Å². The highest BCUT2D eigenvalue weighted by Crippen LogP contribution is 2.33. The van der Waals surface area contributed by atoms with Crippen LogP contribution in [0.15, 0.2) is 12.1 Å². The van der Waals surface area contributed by atoms with E-state index in [1.54, 1.807) is 0 Å². The Labute approximate surface area is 102 Å². The number of aromatic nitrogens is 1. The van der Waals surface area contributed by atoms with Gasteiger partial charge < -0.3 is 10.3 Å². The number of hydrogen-bond donors (Lipinski definition) is 2. The molecule has 1 aliphatic heterocycles. The number of fused-ring (bicyclic) bond motifs is 3. The summed E-state index contributed by atoms with van der Waals surface area (Å²) in [7, 11) is 0. The monoisotopic (exact) mass is 228 g/mol. The molecule has 0 aliphatic carbocycles. The Morgan fingerprint density at radius 2 is 1.82 bits per heavy atom. The molecule has 2 aromatic rings. The molecule has 90 valence electrons. The van der Waals surface area contributed by atoms with Crippen molar-refractivity contribution in [3.05, 3.63) is 34.5 Å². The molecule has 0 unspecified atom stereocenters. The zero-order valence-corrected chi connectivity index (χ0v) is 11.1. The van der Waals surface area contributed by atoms with E-state index in [0.717, 1.165) is 13.0 Å². The summed E-state index contributed by atoms with van der Waals surface area (Å²) in [6.07, 6.45) is 1.10. The molecule has 0 spiro atoms. The van der Waals surface area contributed by atoms with Gasteiger partial charge >= 0.3 is 0 Å². The molecule has 3 rings (SSSR count). The van der Waals surface area contributed by atoms with Crippen LogP contribution in [0.3, 0.4) is 0 Å². The van der Waals surface area contributed by atoms with Crippen molar-refractivity contribution in [3.8, 4) is 0 Å². The maximum absolute atomic E-state index is 3.60. The molecule has 1 aromatic heterocycles. The van der Waals surface area contributed by atoms with Crippen LogP contribution in [0.1, 0.15) is 36.2 Å². The van der Waals surface area contributed by atoms with Gasteiger partial charge in [-0.15, -0.1) is 0 Å². The quantitative estimate of drug-likeness (QED) is 0.712. The largest absolute Gasteiger partial charge is 0.357 e. The minimum atomic E-state index is 0.207. The molecular formula is C15H20N2. The first-order chi connectivity index (χ1) is 7.98. The van der Waals surface area contributed by atoms with E-state index >= 15 is 0 Å². The molecule has 1 aromatic carbocycles. The van der Waals surface area contributed by atoms with Crippen molar-refractivity contribution in [1.29, 1.82) is 0 Å². The molecular weight excluding hydrogens is 208 g/mol. The molecule has 0 fully saturated rings. The Bertz CT molecular complexity index is 590. The molecule has 2 nitrogen and oxygen atoms in total. The summed E-state index contributed by atoms with van der Waals surface area (Å²) in [5, 5.41) is 5.04. The lowest BCUT2D eigenvalue weighted by Crippen LogP contribution is -2.44. The van der Waals surface area contributed by atoms with E-state index in [1.807, 2.05) is 0 Å². The smallest absolute Gasteiger partial charge is 0.0491 e.